The molecule has 2 rings (SSSR count). The summed E-state index contributed by atoms with van der Waals surface area (Å²) < 4.78 is 10.8. The Balaban J connectivity index is 2.06. The minimum absolute atomic E-state index is 0.137. The van der Waals surface area contributed by atoms with Crippen LogP contribution in [0.4, 0.5) is 5.69 Å². The fraction of sp³-hybridized carbons (Fsp3) is 0.381. The standard InChI is InChI=1S/C21H27NO3/c1-4-6-7-16-8-11-19(12-9-16)22-21(23)17-10-13-20(24-3)18(14-17)15-25-5-2/h8-14H,4-7,15H2,1-3H3,(H,22,23). The molecular formula is C21H27NO3. The molecule has 0 spiro atoms. The number of aryl methyl sites for hydroxylation is 1. The lowest BCUT2D eigenvalue weighted by atomic mass is 10.1. The summed E-state index contributed by atoms with van der Waals surface area (Å²) in [5.41, 5.74) is 3.55. The second-order valence-corrected chi connectivity index (χ2v) is 5.92. The van der Waals surface area contributed by atoms with Gasteiger partial charge in [0.15, 0.2) is 0 Å². The van der Waals surface area contributed by atoms with Crippen molar-refractivity contribution in [2.24, 2.45) is 0 Å². The maximum atomic E-state index is 12.5. The molecule has 0 aliphatic carbocycles. The third-order valence-corrected chi connectivity index (χ3v) is 4.04. The summed E-state index contributed by atoms with van der Waals surface area (Å²) >= 11 is 0. The van der Waals surface area contributed by atoms with Crippen LogP contribution in [0.15, 0.2) is 42.5 Å². The number of hydrogen-bond donors (Lipinski definition) is 1. The SMILES string of the molecule is CCCCc1ccc(NC(=O)c2ccc(OC)c(COCC)c2)cc1. The fourth-order valence-electron chi connectivity index (χ4n) is 2.58. The van der Waals surface area contributed by atoms with Crippen molar-refractivity contribution >= 4 is 11.6 Å². The molecule has 4 nitrogen and oxygen atoms in total. The van der Waals surface area contributed by atoms with Crippen LogP contribution in [0.25, 0.3) is 0 Å². The minimum Gasteiger partial charge on any atom is -0.496 e. The summed E-state index contributed by atoms with van der Waals surface area (Å²) in [6, 6.07) is 13.4. The minimum atomic E-state index is -0.137. The summed E-state index contributed by atoms with van der Waals surface area (Å²) in [5, 5.41) is 2.94. The number of methoxy groups -OCH3 is 1. The second-order valence-electron chi connectivity index (χ2n) is 5.92. The van der Waals surface area contributed by atoms with Crippen LogP contribution in [0.5, 0.6) is 5.75 Å². The van der Waals surface area contributed by atoms with Gasteiger partial charge in [0.25, 0.3) is 5.91 Å². The average molecular weight is 341 g/mol. The molecule has 0 saturated heterocycles. The Morgan fingerprint density at radius 3 is 2.48 bits per heavy atom. The summed E-state index contributed by atoms with van der Waals surface area (Å²) in [6.07, 6.45) is 3.43. The number of rotatable bonds is 9. The van der Waals surface area contributed by atoms with Crippen LogP contribution in [-0.2, 0) is 17.8 Å². The Kier molecular flexibility index (Phi) is 7.48. The van der Waals surface area contributed by atoms with Gasteiger partial charge in [0.2, 0.25) is 0 Å². The van der Waals surface area contributed by atoms with Crippen LogP contribution in [0.1, 0.15) is 48.2 Å². The normalized spacial score (nSPS) is 10.5. The van der Waals surface area contributed by atoms with Crippen molar-refractivity contribution < 1.29 is 14.3 Å². The van der Waals surface area contributed by atoms with E-state index in [9.17, 15) is 4.79 Å². The molecule has 0 aromatic heterocycles. The average Bonchev–Trinajstić information content (AvgIpc) is 2.65. The van der Waals surface area contributed by atoms with Gasteiger partial charge in [-0.25, -0.2) is 0 Å². The molecule has 0 heterocycles. The molecule has 0 aliphatic heterocycles. The molecule has 2 aromatic rings. The van der Waals surface area contributed by atoms with Crippen LogP contribution in [-0.4, -0.2) is 19.6 Å². The lowest BCUT2D eigenvalue weighted by molar-refractivity contribution is 0.102. The van der Waals surface area contributed by atoms with Crippen LogP contribution in [0.3, 0.4) is 0 Å². The molecule has 4 heteroatoms. The van der Waals surface area contributed by atoms with Gasteiger partial charge in [0.05, 0.1) is 13.7 Å². The Hall–Kier alpha value is -2.33. The molecule has 134 valence electrons. The number of carbonyl (C=O) groups excluding carboxylic acids is 1. The maximum Gasteiger partial charge on any atom is 0.255 e. The molecule has 1 amide bonds. The number of unbranched alkanes of at least 4 members (excludes halogenated alkanes) is 1. The Morgan fingerprint density at radius 2 is 1.84 bits per heavy atom. The van der Waals surface area contributed by atoms with Gasteiger partial charge in [0, 0.05) is 23.4 Å². The highest BCUT2D eigenvalue weighted by molar-refractivity contribution is 6.04. The topological polar surface area (TPSA) is 47.6 Å². The van der Waals surface area contributed by atoms with E-state index in [1.165, 1.54) is 18.4 Å². The smallest absolute Gasteiger partial charge is 0.255 e. The maximum absolute atomic E-state index is 12.5. The summed E-state index contributed by atoms with van der Waals surface area (Å²) in [4.78, 5) is 12.5. The predicted octanol–water partition coefficient (Wildman–Crippen LogP) is 4.83. The molecule has 0 fully saturated rings. The highest BCUT2D eigenvalue weighted by Gasteiger charge is 2.11. The van der Waals surface area contributed by atoms with Crippen molar-refractivity contribution in [3.63, 3.8) is 0 Å². The van der Waals surface area contributed by atoms with E-state index >= 15 is 0 Å². The quantitative estimate of drug-likeness (QED) is 0.711. The molecule has 1 N–H and O–H groups in total. The largest absolute Gasteiger partial charge is 0.496 e. The zero-order valence-corrected chi connectivity index (χ0v) is 15.3. The number of nitrogens with one attached hydrogen (secondary N) is 1. The molecule has 2 aromatic carbocycles. The predicted molar refractivity (Wildman–Crippen MR) is 101 cm³/mol. The zero-order chi connectivity index (χ0) is 18.1. The van der Waals surface area contributed by atoms with E-state index < -0.39 is 0 Å². The summed E-state index contributed by atoms with van der Waals surface area (Å²) in [5.74, 6) is 0.590. The molecule has 0 saturated carbocycles. The lowest BCUT2D eigenvalue weighted by Crippen LogP contribution is -2.12. The van der Waals surface area contributed by atoms with Crippen LogP contribution in [0, 0.1) is 0 Å². The van der Waals surface area contributed by atoms with E-state index in [0.717, 1.165) is 23.4 Å². The lowest BCUT2D eigenvalue weighted by Gasteiger charge is -2.11. The van der Waals surface area contributed by atoms with Gasteiger partial charge in [0.1, 0.15) is 5.75 Å². The Morgan fingerprint density at radius 1 is 1.08 bits per heavy atom. The zero-order valence-electron chi connectivity index (χ0n) is 15.3. The molecule has 25 heavy (non-hydrogen) atoms. The molecule has 0 bridgehead atoms. The third kappa shape index (κ3) is 5.61. The number of carbonyl (C=O) groups is 1. The number of anilines is 1. The first kappa shape index (κ1) is 19.0. The Labute approximate surface area is 150 Å². The van der Waals surface area contributed by atoms with Crippen LogP contribution < -0.4 is 10.1 Å². The first-order valence-electron chi connectivity index (χ1n) is 8.82. The summed E-state index contributed by atoms with van der Waals surface area (Å²) in [7, 11) is 1.62. The van der Waals surface area contributed by atoms with E-state index in [1.807, 2.05) is 25.1 Å². The second kappa shape index (κ2) is 9.84. The molecule has 0 atom stereocenters. The van der Waals surface area contributed by atoms with Gasteiger partial charge in [-0.2, -0.15) is 0 Å². The summed E-state index contributed by atoms with van der Waals surface area (Å²) in [6.45, 7) is 5.16. The van der Waals surface area contributed by atoms with Gasteiger partial charge in [-0.15, -0.1) is 0 Å². The first-order chi connectivity index (χ1) is 12.2. The van der Waals surface area contributed by atoms with E-state index in [4.69, 9.17) is 9.47 Å². The number of benzene rings is 2. The van der Waals surface area contributed by atoms with Gasteiger partial charge in [-0.1, -0.05) is 25.5 Å². The van der Waals surface area contributed by atoms with Gasteiger partial charge < -0.3 is 14.8 Å². The van der Waals surface area contributed by atoms with Crippen molar-refractivity contribution in [3.05, 3.63) is 59.2 Å². The van der Waals surface area contributed by atoms with E-state index in [1.54, 1.807) is 19.2 Å². The van der Waals surface area contributed by atoms with Crippen molar-refractivity contribution in [1.29, 1.82) is 0 Å². The van der Waals surface area contributed by atoms with Crippen molar-refractivity contribution in [1.82, 2.24) is 0 Å². The monoisotopic (exact) mass is 341 g/mol. The number of amides is 1. The fourth-order valence-corrected chi connectivity index (χ4v) is 2.58. The van der Waals surface area contributed by atoms with Gasteiger partial charge >= 0.3 is 0 Å². The highest BCUT2D eigenvalue weighted by Crippen LogP contribution is 2.22. The van der Waals surface area contributed by atoms with E-state index in [-0.39, 0.29) is 5.91 Å². The Bertz CT molecular complexity index is 680. The molecule has 0 radical (unpaired) electrons. The van der Waals surface area contributed by atoms with Crippen molar-refractivity contribution in [2.45, 2.75) is 39.7 Å². The van der Waals surface area contributed by atoms with Crippen molar-refractivity contribution in [3.8, 4) is 5.75 Å². The van der Waals surface area contributed by atoms with Gasteiger partial charge in [-0.3, -0.25) is 4.79 Å². The van der Waals surface area contributed by atoms with E-state index in [0.29, 0.717) is 18.8 Å². The van der Waals surface area contributed by atoms with Crippen LogP contribution in [0.2, 0.25) is 0 Å². The molecular weight excluding hydrogens is 314 g/mol. The molecule has 0 aliphatic rings. The highest BCUT2D eigenvalue weighted by atomic mass is 16.5. The number of ether oxygens (including phenoxy) is 2. The molecule has 0 unspecified atom stereocenters. The first-order valence-corrected chi connectivity index (χ1v) is 8.82. The van der Waals surface area contributed by atoms with Crippen molar-refractivity contribution in [2.75, 3.05) is 19.0 Å². The van der Waals surface area contributed by atoms with Gasteiger partial charge in [-0.05, 0) is 55.7 Å². The number of hydrogen-bond acceptors (Lipinski definition) is 3. The third-order valence-electron chi connectivity index (χ3n) is 4.04. The van der Waals surface area contributed by atoms with Crippen LogP contribution >= 0.6 is 0 Å². The van der Waals surface area contributed by atoms with E-state index in [2.05, 4.69) is 24.4 Å².